The van der Waals surface area contributed by atoms with Crippen molar-refractivity contribution in [3.63, 3.8) is 0 Å². The zero-order valence-corrected chi connectivity index (χ0v) is 13.2. The molecule has 114 valence electrons. The van der Waals surface area contributed by atoms with E-state index in [0.717, 1.165) is 5.56 Å². The number of nitrogens with one attached hydrogen (secondary N) is 2. The predicted molar refractivity (Wildman–Crippen MR) is 89.5 cm³/mol. The maximum atomic E-state index is 12.2. The second-order valence-electron chi connectivity index (χ2n) is 4.89. The summed E-state index contributed by atoms with van der Waals surface area (Å²) in [6, 6.07) is 12.1. The molecule has 0 unspecified atom stereocenters. The first-order valence-corrected chi connectivity index (χ1v) is 7.35. The summed E-state index contributed by atoms with van der Waals surface area (Å²) in [5, 5.41) is 6.13. The zero-order valence-electron chi connectivity index (χ0n) is 12.4. The minimum Gasteiger partial charge on any atom is -0.326 e. The van der Waals surface area contributed by atoms with Gasteiger partial charge in [0.05, 0.1) is 0 Å². The Labute approximate surface area is 134 Å². The van der Waals surface area contributed by atoms with E-state index in [2.05, 4.69) is 10.6 Å². The highest BCUT2D eigenvalue weighted by Crippen LogP contribution is 2.21. The van der Waals surface area contributed by atoms with E-state index < -0.39 is 0 Å². The first-order chi connectivity index (χ1) is 10.5. The Morgan fingerprint density at radius 1 is 1.05 bits per heavy atom. The number of benzene rings is 2. The molecule has 2 rings (SSSR count). The Kier molecular flexibility index (Phi) is 5.17. The van der Waals surface area contributed by atoms with Crippen LogP contribution in [0, 0.1) is 6.92 Å². The number of amides is 2. The van der Waals surface area contributed by atoms with E-state index in [1.54, 1.807) is 43.3 Å². The summed E-state index contributed by atoms with van der Waals surface area (Å²) >= 11 is 5.94. The molecule has 2 N–H and O–H groups in total. The van der Waals surface area contributed by atoms with Gasteiger partial charge < -0.3 is 10.6 Å². The van der Waals surface area contributed by atoms with Crippen molar-refractivity contribution in [2.75, 3.05) is 10.6 Å². The van der Waals surface area contributed by atoms with Crippen molar-refractivity contribution < 1.29 is 9.59 Å². The Morgan fingerprint density at radius 2 is 1.73 bits per heavy atom. The first-order valence-electron chi connectivity index (χ1n) is 6.97. The third kappa shape index (κ3) is 4.09. The quantitative estimate of drug-likeness (QED) is 0.886. The van der Waals surface area contributed by atoms with Gasteiger partial charge in [-0.2, -0.15) is 0 Å². The molecular formula is C17H17ClN2O2. The van der Waals surface area contributed by atoms with Crippen molar-refractivity contribution in [2.45, 2.75) is 20.3 Å². The van der Waals surface area contributed by atoms with Gasteiger partial charge in [0.1, 0.15) is 0 Å². The number of carbonyl (C=O) groups excluding carboxylic acids is 2. The van der Waals surface area contributed by atoms with Gasteiger partial charge in [-0.1, -0.05) is 24.6 Å². The summed E-state index contributed by atoms with van der Waals surface area (Å²) in [7, 11) is 0. The number of hydrogen-bond acceptors (Lipinski definition) is 2. The lowest BCUT2D eigenvalue weighted by Crippen LogP contribution is -2.13. The molecule has 0 spiro atoms. The van der Waals surface area contributed by atoms with E-state index in [9.17, 15) is 9.59 Å². The highest BCUT2D eigenvalue weighted by molar-refractivity contribution is 6.31. The fourth-order valence-corrected chi connectivity index (χ4v) is 2.05. The number of aryl methyl sites for hydroxylation is 1. The summed E-state index contributed by atoms with van der Waals surface area (Å²) in [5.74, 6) is -0.287. The van der Waals surface area contributed by atoms with Crippen LogP contribution in [0.1, 0.15) is 29.3 Å². The van der Waals surface area contributed by atoms with Gasteiger partial charge in [-0.3, -0.25) is 9.59 Å². The number of halogens is 1. The van der Waals surface area contributed by atoms with Crippen LogP contribution in [0.25, 0.3) is 0 Å². The van der Waals surface area contributed by atoms with Gasteiger partial charge in [-0.05, 0) is 48.9 Å². The normalized spacial score (nSPS) is 10.1. The Morgan fingerprint density at radius 3 is 2.36 bits per heavy atom. The van der Waals surface area contributed by atoms with E-state index in [1.165, 1.54) is 0 Å². The van der Waals surface area contributed by atoms with Crippen LogP contribution in [0.15, 0.2) is 42.5 Å². The van der Waals surface area contributed by atoms with E-state index in [0.29, 0.717) is 28.4 Å². The summed E-state index contributed by atoms with van der Waals surface area (Å²) in [4.78, 5) is 23.5. The molecule has 2 amide bonds. The second kappa shape index (κ2) is 7.09. The third-order valence-electron chi connectivity index (χ3n) is 3.20. The van der Waals surface area contributed by atoms with E-state index in [4.69, 9.17) is 11.6 Å². The molecule has 5 heteroatoms. The SMILES string of the molecule is CCC(=O)Nc1ccc(C(=O)Nc2cc(Cl)ccc2C)cc1. The van der Waals surface area contributed by atoms with Gasteiger partial charge in [-0.15, -0.1) is 0 Å². The van der Waals surface area contributed by atoms with Crippen LogP contribution in [-0.2, 0) is 4.79 Å². The summed E-state index contributed by atoms with van der Waals surface area (Å²) in [5.41, 5.74) is 2.79. The van der Waals surface area contributed by atoms with Gasteiger partial charge >= 0.3 is 0 Å². The van der Waals surface area contributed by atoms with Crippen LogP contribution < -0.4 is 10.6 Å². The predicted octanol–water partition coefficient (Wildman–Crippen LogP) is 4.25. The molecule has 0 radical (unpaired) electrons. The number of carbonyl (C=O) groups is 2. The molecule has 4 nitrogen and oxygen atoms in total. The summed E-state index contributed by atoms with van der Waals surface area (Å²) in [6.07, 6.45) is 0.413. The first kappa shape index (κ1) is 16.0. The lowest BCUT2D eigenvalue weighted by molar-refractivity contribution is -0.115. The molecule has 0 saturated heterocycles. The molecule has 0 heterocycles. The lowest BCUT2D eigenvalue weighted by Gasteiger charge is -2.09. The molecular weight excluding hydrogens is 300 g/mol. The van der Waals surface area contributed by atoms with Gasteiger partial charge in [0.2, 0.25) is 5.91 Å². The lowest BCUT2D eigenvalue weighted by atomic mass is 10.1. The molecule has 0 aromatic heterocycles. The fourth-order valence-electron chi connectivity index (χ4n) is 1.88. The standard InChI is InChI=1S/C17H17ClN2O2/c1-3-16(21)19-14-8-5-12(6-9-14)17(22)20-15-10-13(18)7-4-11(15)2/h4-10H,3H2,1-2H3,(H,19,21)(H,20,22). The average molecular weight is 317 g/mol. The number of hydrogen-bond donors (Lipinski definition) is 2. The van der Waals surface area contributed by atoms with Gasteiger partial charge in [0.25, 0.3) is 5.91 Å². The molecule has 2 aromatic carbocycles. The minimum absolute atomic E-state index is 0.0632. The van der Waals surface area contributed by atoms with Crippen LogP contribution in [0.2, 0.25) is 5.02 Å². The fraction of sp³-hybridized carbons (Fsp3) is 0.176. The van der Waals surface area contributed by atoms with E-state index in [1.807, 2.05) is 13.0 Å². The smallest absolute Gasteiger partial charge is 0.255 e. The highest BCUT2D eigenvalue weighted by Gasteiger charge is 2.08. The molecule has 0 aliphatic carbocycles. The molecule has 22 heavy (non-hydrogen) atoms. The molecule has 0 aliphatic heterocycles. The van der Waals surface area contributed by atoms with Gasteiger partial charge in [0, 0.05) is 28.4 Å². The van der Waals surface area contributed by atoms with Crippen LogP contribution in [0.3, 0.4) is 0 Å². The highest BCUT2D eigenvalue weighted by atomic mass is 35.5. The van der Waals surface area contributed by atoms with Crippen molar-refractivity contribution >= 4 is 34.8 Å². The zero-order chi connectivity index (χ0) is 16.1. The minimum atomic E-state index is -0.223. The Hall–Kier alpha value is -2.33. The van der Waals surface area contributed by atoms with Gasteiger partial charge in [0.15, 0.2) is 0 Å². The van der Waals surface area contributed by atoms with Crippen molar-refractivity contribution in [1.29, 1.82) is 0 Å². The maximum Gasteiger partial charge on any atom is 0.255 e. The maximum absolute atomic E-state index is 12.2. The van der Waals surface area contributed by atoms with Crippen molar-refractivity contribution in [3.8, 4) is 0 Å². The number of anilines is 2. The van der Waals surface area contributed by atoms with Crippen LogP contribution in [-0.4, -0.2) is 11.8 Å². The summed E-state index contributed by atoms with van der Waals surface area (Å²) in [6.45, 7) is 3.68. The monoisotopic (exact) mass is 316 g/mol. The Bertz CT molecular complexity index is 696. The van der Waals surface area contributed by atoms with Crippen LogP contribution >= 0.6 is 11.6 Å². The summed E-state index contributed by atoms with van der Waals surface area (Å²) < 4.78 is 0. The van der Waals surface area contributed by atoms with E-state index >= 15 is 0 Å². The van der Waals surface area contributed by atoms with Crippen molar-refractivity contribution in [1.82, 2.24) is 0 Å². The van der Waals surface area contributed by atoms with E-state index in [-0.39, 0.29) is 11.8 Å². The molecule has 0 aliphatic rings. The molecule has 0 bridgehead atoms. The van der Waals surface area contributed by atoms with Gasteiger partial charge in [-0.25, -0.2) is 0 Å². The van der Waals surface area contributed by atoms with Crippen molar-refractivity contribution in [2.24, 2.45) is 0 Å². The second-order valence-corrected chi connectivity index (χ2v) is 5.33. The van der Waals surface area contributed by atoms with Crippen LogP contribution in [0.5, 0.6) is 0 Å². The molecule has 0 fully saturated rings. The van der Waals surface area contributed by atoms with Crippen molar-refractivity contribution in [3.05, 3.63) is 58.6 Å². The third-order valence-corrected chi connectivity index (χ3v) is 3.43. The number of rotatable bonds is 4. The van der Waals surface area contributed by atoms with Crippen LogP contribution in [0.4, 0.5) is 11.4 Å². The average Bonchev–Trinajstić information content (AvgIpc) is 2.51. The topological polar surface area (TPSA) is 58.2 Å². The Balaban J connectivity index is 2.09. The molecule has 0 saturated carbocycles. The largest absolute Gasteiger partial charge is 0.326 e. The molecule has 2 aromatic rings. The molecule has 0 atom stereocenters.